The van der Waals surface area contributed by atoms with Crippen molar-refractivity contribution in [2.24, 2.45) is 17.2 Å². The minimum atomic E-state index is -1.32. The van der Waals surface area contributed by atoms with E-state index in [1.165, 1.54) is 0 Å². The highest BCUT2D eigenvalue weighted by Crippen LogP contribution is 2.19. The Hall–Kier alpha value is -3.55. The van der Waals surface area contributed by atoms with E-state index in [-0.39, 0.29) is 38.8 Å². The van der Waals surface area contributed by atoms with Gasteiger partial charge in [0.25, 0.3) is 0 Å². The highest BCUT2D eigenvalue weighted by atomic mass is 16.6. The highest BCUT2D eigenvalue weighted by molar-refractivity contribution is 6.02. The molecule has 44 heavy (non-hydrogen) atoms. The summed E-state index contributed by atoms with van der Waals surface area (Å²) in [5.41, 5.74) is 16.2. The Bertz CT molecular complexity index is 1080. The van der Waals surface area contributed by atoms with Crippen LogP contribution in [0.1, 0.15) is 85.6 Å². The minimum absolute atomic E-state index is 0.0247. The monoisotopic (exact) mass is 621 g/mol. The normalized spacial score (nSPS) is 12.9. The largest absolute Gasteiger partial charge is 0.458 e. The van der Waals surface area contributed by atoms with Gasteiger partial charge < -0.3 is 31.4 Å². The average Bonchev–Trinajstić information content (AvgIpc) is 2.93. The van der Waals surface area contributed by atoms with Gasteiger partial charge in [-0.25, -0.2) is 19.3 Å². The van der Waals surface area contributed by atoms with Crippen molar-refractivity contribution in [2.45, 2.75) is 110 Å². The molecule has 6 N–H and O–H groups in total. The standard InChI is InChI=1S/C31H51N5O8/c1-30(2,3)43-27(39)24(36(25(37)20-33)26(38)23(34)16-10-12-18-32)17-11-13-19-35(29(41)44-31(4,5)6)28(40)42-21-22-14-8-7-9-15-22/h7-9,14-15,23-24H,10-13,16-21,32-34H2,1-6H3/t23-,24-/m0/s1. The van der Waals surface area contributed by atoms with Gasteiger partial charge in [0.1, 0.15) is 23.9 Å². The molecule has 1 aromatic carbocycles. The smallest absolute Gasteiger partial charge is 0.419 e. The molecule has 1 aromatic rings. The molecule has 0 bridgehead atoms. The summed E-state index contributed by atoms with van der Waals surface area (Å²) < 4.78 is 16.3. The van der Waals surface area contributed by atoms with Crippen LogP contribution in [0, 0.1) is 0 Å². The summed E-state index contributed by atoms with van der Waals surface area (Å²) >= 11 is 0. The van der Waals surface area contributed by atoms with Crippen LogP contribution in [0.25, 0.3) is 0 Å². The molecule has 0 unspecified atom stereocenters. The molecule has 0 aliphatic heterocycles. The first kappa shape index (κ1) is 38.5. The topological polar surface area (TPSA) is 198 Å². The number of ether oxygens (including phenoxy) is 3. The SMILES string of the molecule is CC(C)(C)OC(=O)[C@H](CCCCN(C(=O)OCc1ccccc1)C(=O)OC(C)(C)C)N(C(=O)CN)C(=O)[C@@H](N)CCCCN. The number of carbonyl (C=O) groups is 5. The molecule has 248 valence electrons. The molecule has 0 radical (unpaired) electrons. The lowest BCUT2D eigenvalue weighted by molar-refractivity contribution is -0.169. The maximum Gasteiger partial charge on any atom is 0.419 e. The maximum atomic E-state index is 13.3. The van der Waals surface area contributed by atoms with Gasteiger partial charge in [0.05, 0.1) is 12.6 Å². The predicted molar refractivity (Wildman–Crippen MR) is 165 cm³/mol. The molecule has 13 nitrogen and oxygen atoms in total. The summed E-state index contributed by atoms with van der Waals surface area (Å²) in [5.74, 6) is -2.32. The zero-order chi connectivity index (χ0) is 33.5. The third kappa shape index (κ3) is 14.3. The summed E-state index contributed by atoms with van der Waals surface area (Å²) in [6.07, 6.45) is 0.0579. The van der Waals surface area contributed by atoms with E-state index >= 15 is 0 Å². The molecule has 0 aliphatic carbocycles. The predicted octanol–water partition coefficient (Wildman–Crippen LogP) is 3.21. The second kappa shape index (κ2) is 18.3. The third-order valence-electron chi connectivity index (χ3n) is 6.11. The summed E-state index contributed by atoms with van der Waals surface area (Å²) in [5, 5.41) is 0. The van der Waals surface area contributed by atoms with Crippen molar-refractivity contribution >= 4 is 30.0 Å². The lowest BCUT2D eigenvalue weighted by Gasteiger charge is -2.32. The summed E-state index contributed by atoms with van der Waals surface area (Å²) in [6, 6.07) is 6.61. The van der Waals surface area contributed by atoms with Gasteiger partial charge in [-0.05, 0) is 85.8 Å². The molecule has 0 fully saturated rings. The van der Waals surface area contributed by atoms with Gasteiger partial charge in [0, 0.05) is 6.54 Å². The molecule has 0 saturated carbocycles. The van der Waals surface area contributed by atoms with Crippen molar-refractivity contribution < 1.29 is 38.2 Å². The van der Waals surface area contributed by atoms with Crippen LogP contribution >= 0.6 is 0 Å². The molecule has 1 rings (SSSR count). The Morgan fingerprint density at radius 3 is 1.93 bits per heavy atom. The van der Waals surface area contributed by atoms with Crippen LogP contribution in [0.15, 0.2) is 30.3 Å². The van der Waals surface area contributed by atoms with Crippen LogP contribution in [0.4, 0.5) is 9.59 Å². The van der Waals surface area contributed by atoms with Crippen molar-refractivity contribution in [3.05, 3.63) is 35.9 Å². The first-order chi connectivity index (χ1) is 20.5. The number of rotatable bonds is 15. The van der Waals surface area contributed by atoms with E-state index in [1.54, 1.807) is 65.8 Å². The maximum absolute atomic E-state index is 13.3. The van der Waals surface area contributed by atoms with Gasteiger partial charge in [-0.15, -0.1) is 0 Å². The van der Waals surface area contributed by atoms with Gasteiger partial charge in [-0.1, -0.05) is 36.8 Å². The van der Waals surface area contributed by atoms with E-state index in [0.29, 0.717) is 19.4 Å². The Kier molecular flexibility index (Phi) is 16.0. The van der Waals surface area contributed by atoms with E-state index in [0.717, 1.165) is 15.4 Å². The van der Waals surface area contributed by atoms with Crippen LogP contribution in [-0.2, 0) is 35.2 Å². The van der Waals surface area contributed by atoms with Crippen molar-refractivity contribution in [1.82, 2.24) is 9.80 Å². The zero-order valence-electron chi connectivity index (χ0n) is 27.0. The molecule has 4 amide bonds. The van der Waals surface area contributed by atoms with Crippen LogP contribution < -0.4 is 17.2 Å². The Morgan fingerprint density at radius 1 is 0.795 bits per heavy atom. The highest BCUT2D eigenvalue weighted by Gasteiger charge is 2.38. The van der Waals surface area contributed by atoms with Crippen LogP contribution in [0.5, 0.6) is 0 Å². The van der Waals surface area contributed by atoms with Crippen molar-refractivity contribution in [3.63, 3.8) is 0 Å². The van der Waals surface area contributed by atoms with Gasteiger partial charge in [-0.2, -0.15) is 0 Å². The second-order valence-electron chi connectivity index (χ2n) is 12.4. The first-order valence-corrected chi connectivity index (χ1v) is 15.0. The van der Waals surface area contributed by atoms with Gasteiger partial charge in [-0.3, -0.25) is 14.5 Å². The molecule has 0 saturated heterocycles. The number of nitrogens with two attached hydrogens (primary N) is 3. The number of hydrogen-bond donors (Lipinski definition) is 3. The van der Waals surface area contributed by atoms with E-state index in [4.69, 9.17) is 31.4 Å². The van der Waals surface area contributed by atoms with Crippen molar-refractivity contribution in [2.75, 3.05) is 19.6 Å². The summed E-state index contributed by atoms with van der Waals surface area (Å²) in [4.78, 5) is 67.0. The number of nitrogens with zero attached hydrogens (tertiary/aromatic N) is 2. The molecule has 0 aromatic heterocycles. The molecule has 0 spiro atoms. The molecule has 13 heteroatoms. The number of unbranched alkanes of at least 4 members (excludes halogenated alkanes) is 2. The lowest BCUT2D eigenvalue weighted by Crippen LogP contribution is -2.56. The first-order valence-electron chi connectivity index (χ1n) is 15.0. The van der Waals surface area contributed by atoms with E-state index in [2.05, 4.69) is 0 Å². The quantitative estimate of drug-likeness (QED) is 0.148. The Morgan fingerprint density at radius 2 is 1.39 bits per heavy atom. The van der Waals surface area contributed by atoms with Gasteiger partial charge in [0.15, 0.2) is 0 Å². The van der Waals surface area contributed by atoms with E-state index < -0.39 is 59.8 Å². The van der Waals surface area contributed by atoms with Crippen LogP contribution in [0.3, 0.4) is 0 Å². The number of carbonyl (C=O) groups excluding carboxylic acids is 5. The fourth-order valence-corrected chi connectivity index (χ4v) is 4.06. The van der Waals surface area contributed by atoms with Crippen LogP contribution in [0.2, 0.25) is 0 Å². The molecular formula is C31H51N5O8. The zero-order valence-corrected chi connectivity index (χ0v) is 27.0. The number of imide groups is 2. The Balaban J connectivity index is 3.13. The summed E-state index contributed by atoms with van der Waals surface area (Å²) in [7, 11) is 0. The number of hydrogen-bond acceptors (Lipinski definition) is 11. The fourth-order valence-electron chi connectivity index (χ4n) is 4.06. The molecule has 0 heterocycles. The van der Waals surface area contributed by atoms with Crippen molar-refractivity contribution in [1.29, 1.82) is 0 Å². The fraction of sp³-hybridized carbons (Fsp3) is 0.645. The molecular weight excluding hydrogens is 570 g/mol. The van der Waals surface area contributed by atoms with E-state index in [1.807, 2.05) is 6.07 Å². The number of benzene rings is 1. The summed E-state index contributed by atoms with van der Waals surface area (Å²) in [6.45, 7) is 9.74. The second-order valence-corrected chi connectivity index (χ2v) is 12.4. The Labute approximate surface area is 260 Å². The van der Waals surface area contributed by atoms with Crippen molar-refractivity contribution in [3.8, 4) is 0 Å². The average molecular weight is 622 g/mol. The minimum Gasteiger partial charge on any atom is -0.458 e. The van der Waals surface area contributed by atoms with Gasteiger partial charge in [0.2, 0.25) is 11.8 Å². The van der Waals surface area contributed by atoms with Gasteiger partial charge >= 0.3 is 18.2 Å². The number of amides is 4. The third-order valence-corrected chi connectivity index (χ3v) is 6.11. The molecule has 0 aliphatic rings. The number of esters is 1. The lowest BCUT2D eigenvalue weighted by atomic mass is 10.0. The molecule has 2 atom stereocenters. The van der Waals surface area contributed by atoms with Crippen LogP contribution in [-0.4, -0.2) is 82.7 Å². The van der Waals surface area contributed by atoms with E-state index in [9.17, 15) is 24.0 Å².